The number of para-hydroxylation sites is 2. The molecule has 1 atom stereocenters. The molecular formula is C29H31N3O2. The summed E-state index contributed by atoms with van der Waals surface area (Å²) in [5.41, 5.74) is 6.63. The second-order valence-corrected chi connectivity index (χ2v) is 9.33. The van der Waals surface area contributed by atoms with Crippen molar-refractivity contribution in [3.05, 3.63) is 89.2 Å². The minimum Gasteiger partial charge on any atom is -0.493 e. The number of fused-ring (bicyclic) bond motifs is 1. The van der Waals surface area contributed by atoms with Crippen LogP contribution in [0.3, 0.4) is 0 Å². The number of amides is 1. The Morgan fingerprint density at radius 2 is 1.79 bits per heavy atom. The van der Waals surface area contributed by atoms with Gasteiger partial charge in [-0.05, 0) is 68.7 Å². The molecule has 5 rings (SSSR count). The fourth-order valence-electron chi connectivity index (χ4n) is 4.93. The highest BCUT2D eigenvalue weighted by molar-refractivity contribution is 5.96. The van der Waals surface area contributed by atoms with E-state index in [9.17, 15) is 4.79 Å². The summed E-state index contributed by atoms with van der Waals surface area (Å²) in [6.45, 7) is 8.33. The Kier molecular flexibility index (Phi) is 6.10. The van der Waals surface area contributed by atoms with E-state index in [1.165, 1.54) is 5.56 Å². The van der Waals surface area contributed by atoms with Gasteiger partial charge in [-0.3, -0.25) is 4.79 Å². The number of rotatable bonds is 7. The van der Waals surface area contributed by atoms with E-state index in [0.717, 1.165) is 52.4 Å². The zero-order valence-corrected chi connectivity index (χ0v) is 20.1. The van der Waals surface area contributed by atoms with E-state index >= 15 is 0 Å². The molecule has 34 heavy (non-hydrogen) atoms. The van der Waals surface area contributed by atoms with Crippen LogP contribution in [-0.4, -0.2) is 28.6 Å². The predicted molar refractivity (Wildman–Crippen MR) is 137 cm³/mol. The van der Waals surface area contributed by atoms with Crippen LogP contribution in [0.2, 0.25) is 0 Å². The molecule has 1 fully saturated rings. The van der Waals surface area contributed by atoms with Crippen molar-refractivity contribution in [3.8, 4) is 5.75 Å². The molecule has 1 aliphatic heterocycles. The summed E-state index contributed by atoms with van der Waals surface area (Å²) in [6.07, 6.45) is 1.35. The van der Waals surface area contributed by atoms with Gasteiger partial charge < -0.3 is 14.2 Å². The lowest BCUT2D eigenvalue weighted by molar-refractivity contribution is -0.117. The molecule has 174 valence electrons. The fourth-order valence-corrected chi connectivity index (χ4v) is 4.93. The van der Waals surface area contributed by atoms with Gasteiger partial charge >= 0.3 is 0 Å². The van der Waals surface area contributed by atoms with Crippen LogP contribution in [0.15, 0.2) is 66.7 Å². The summed E-state index contributed by atoms with van der Waals surface area (Å²) in [5, 5.41) is 0. The molecule has 5 heteroatoms. The number of benzene rings is 3. The van der Waals surface area contributed by atoms with Gasteiger partial charge in [-0.1, -0.05) is 42.0 Å². The largest absolute Gasteiger partial charge is 0.493 e. The third-order valence-corrected chi connectivity index (χ3v) is 6.60. The van der Waals surface area contributed by atoms with Crippen LogP contribution in [0.1, 0.15) is 41.3 Å². The highest BCUT2D eigenvalue weighted by Gasteiger charge is 2.34. The lowest BCUT2D eigenvalue weighted by atomic mass is 10.1. The van der Waals surface area contributed by atoms with Crippen molar-refractivity contribution in [2.24, 2.45) is 0 Å². The Bertz CT molecular complexity index is 1340. The summed E-state index contributed by atoms with van der Waals surface area (Å²) in [7, 11) is 0. The molecule has 1 amide bonds. The van der Waals surface area contributed by atoms with Gasteiger partial charge in [-0.25, -0.2) is 4.98 Å². The molecule has 1 aromatic heterocycles. The minimum absolute atomic E-state index is 0.0701. The molecule has 3 aromatic carbocycles. The van der Waals surface area contributed by atoms with Gasteiger partial charge in [0.15, 0.2) is 0 Å². The number of hydrogen-bond donors (Lipinski definition) is 0. The maximum Gasteiger partial charge on any atom is 0.227 e. The number of imidazole rings is 1. The molecule has 2 heterocycles. The molecule has 1 aliphatic rings. The highest BCUT2D eigenvalue weighted by atomic mass is 16.5. The van der Waals surface area contributed by atoms with Gasteiger partial charge in [-0.2, -0.15) is 0 Å². The number of hydrogen-bond acceptors (Lipinski definition) is 3. The van der Waals surface area contributed by atoms with E-state index in [0.29, 0.717) is 19.6 Å². The van der Waals surface area contributed by atoms with Crippen LogP contribution in [0.25, 0.3) is 11.0 Å². The van der Waals surface area contributed by atoms with Crippen LogP contribution in [0.5, 0.6) is 5.75 Å². The zero-order valence-electron chi connectivity index (χ0n) is 20.1. The van der Waals surface area contributed by atoms with Crippen LogP contribution in [0.4, 0.5) is 5.69 Å². The van der Waals surface area contributed by atoms with Gasteiger partial charge in [0, 0.05) is 31.1 Å². The van der Waals surface area contributed by atoms with E-state index in [4.69, 9.17) is 9.72 Å². The highest BCUT2D eigenvalue weighted by Crippen LogP contribution is 2.33. The molecule has 0 N–H and O–H groups in total. The molecule has 1 saturated heterocycles. The number of carbonyl (C=O) groups excluding carboxylic acids is 1. The average molecular weight is 454 g/mol. The second-order valence-electron chi connectivity index (χ2n) is 9.33. The van der Waals surface area contributed by atoms with E-state index in [1.807, 2.05) is 29.2 Å². The summed E-state index contributed by atoms with van der Waals surface area (Å²) in [6, 6.07) is 22.7. The minimum atomic E-state index is 0.0701. The normalized spacial score (nSPS) is 15.9. The van der Waals surface area contributed by atoms with E-state index in [-0.39, 0.29) is 11.8 Å². The maximum absolute atomic E-state index is 12.9. The van der Waals surface area contributed by atoms with E-state index in [2.05, 4.69) is 67.8 Å². The first-order chi connectivity index (χ1) is 16.5. The zero-order chi connectivity index (χ0) is 23.7. The smallest absolute Gasteiger partial charge is 0.227 e. The van der Waals surface area contributed by atoms with Crippen LogP contribution >= 0.6 is 0 Å². The lowest BCUT2D eigenvalue weighted by Crippen LogP contribution is -2.24. The van der Waals surface area contributed by atoms with E-state index < -0.39 is 0 Å². The van der Waals surface area contributed by atoms with Crippen molar-refractivity contribution in [2.75, 3.05) is 18.1 Å². The van der Waals surface area contributed by atoms with E-state index in [1.54, 1.807) is 0 Å². The molecular weight excluding hydrogens is 422 g/mol. The summed E-state index contributed by atoms with van der Waals surface area (Å²) in [4.78, 5) is 19.8. The number of aryl methyl sites for hydroxylation is 4. The number of aromatic nitrogens is 2. The van der Waals surface area contributed by atoms with Crippen LogP contribution < -0.4 is 9.64 Å². The van der Waals surface area contributed by atoms with Crippen molar-refractivity contribution in [2.45, 2.75) is 46.1 Å². The Morgan fingerprint density at radius 1 is 0.971 bits per heavy atom. The number of carbonyl (C=O) groups is 1. The SMILES string of the molecule is Cc1cccc(N2CC(c3nc4ccccc4n3CCCOc3ccc(C)cc3C)CC2=O)c1. The van der Waals surface area contributed by atoms with Crippen molar-refractivity contribution in [1.82, 2.24) is 9.55 Å². The Labute approximate surface area is 201 Å². The first-order valence-corrected chi connectivity index (χ1v) is 12.0. The fraction of sp³-hybridized carbons (Fsp3) is 0.310. The average Bonchev–Trinajstić information content (AvgIpc) is 3.38. The summed E-state index contributed by atoms with van der Waals surface area (Å²) in [5.74, 6) is 2.17. The summed E-state index contributed by atoms with van der Waals surface area (Å²) >= 11 is 0. The molecule has 5 nitrogen and oxygen atoms in total. The number of nitrogens with zero attached hydrogens (tertiary/aromatic N) is 3. The van der Waals surface area contributed by atoms with Crippen molar-refractivity contribution in [3.63, 3.8) is 0 Å². The molecule has 0 saturated carbocycles. The molecule has 0 bridgehead atoms. The lowest BCUT2D eigenvalue weighted by Gasteiger charge is -2.18. The van der Waals surface area contributed by atoms with Crippen molar-refractivity contribution in [1.29, 1.82) is 0 Å². The summed E-state index contributed by atoms with van der Waals surface area (Å²) < 4.78 is 8.36. The van der Waals surface area contributed by atoms with Gasteiger partial charge in [-0.15, -0.1) is 0 Å². The maximum atomic E-state index is 12.9. The van der Waals surface area contributed by atoms with Gasteiger partial charge in [0.2, 0.25) is 5.91 Å². The van der Waals surface area contributed by atoms with Gasteiger partial charge in [0.05, 0.1) is 17.6 Å². The molecule has 1 unspecified atom stereocenters. The molecule has 0 radical (unpaired) electrons. The quantitative estimate of drug-likeness (QED) is 0.325. The number of anilines is 1. The van der Waals surface area contributed by atoms with Crippen molar-refractivity contribution >= 4 is 22.6 Å². The Balaban J connectivity index is 1.34. The molecule has 0 spiro atoms. The second kappa shape index (κ2) is 9.34. The first kappa shape index (κ1) is 22.2. The predicted octanol–water partition coefficient (Wildman–Crippen LogP) is 5.95. The Morgan fingerprint density at radius 3 is 2.62 bits per heavy atom. The third-order valence-electron chi connectivity index (χ3n) is 6.60. The van der Waals surface area contributed by atoms with Crippen LogP contribution in [0, 0.1) is 20.8 Å². The van der Waals surface area contributed by atoms with Crippen molar-refractivity contribution < 1.29 is 9.53 Å². The number of ether oxygens (including phenoxy) is 1. The van der Waals surface area contributed by atoms with Crippen LogP contribution in [-0.2, 0) is 11.3 Å². The Hall–Kier alpha value is -3.60. The topological polar surface area (TPSA) is 47.4 Å². The monoisotopic (exact) mass is 453 g/mol. The van der Waals surface area contributed by atoms with Gasteiger partial charge in [0.25, 0.3) is 0 Å². The standard InChI is InChI=1S/C29H31N3O2/c1-20-8-6-9-24(17-20)32-19-23(18-28(32)33)29-30-25-10-4-5-11-26(25)31(29)14-7-15-34-27-13-12-21(2)16-22(27)3/h4-6,8-13,16-17,23H,7,14-15,18-19H2,1-3H3. The molecule has 0 aliphatic carbocycles. The molecule has 4 aromatic rings. The first-order valence-electron chi connectivity index (χ1n) is 12.0. The van der Waals surface area contributed by atoms with Gasteiger partial charge in [0.1, 0.15) is 11.6 Å². The third kappa shape index (κ3) is 4.43.